The van der Waals surface area contributed by atoms with Crippen molar-refractivity contribution in [3.8, 4) is 0 Å². The maximum absolute atomic E-state index is 12.2. The zero-order chi connectivity index (χ0) is 18.5. The van der Waals surface area contributed by atoms with Gasteiger partial charge in [0, 0.05) is 13.0 Å². The lowest BCUT2D eigenvalue weighted by atomic mass is 10.0. The van der Waals surface area contributed by atoms with E-state index in [0.29, 0.717) is 13.0 Å². The Morgan fingerprint density at radius 2 is 1.68 bits per heavy atom. The van der Waals surface area contributed by atoms with Crippen molar-refractivity contribution in [1.82, 2.24) is 10.2 Å². The normalized spacial score (nSPS) is 17.6. The van der Waals surface area contributed by atoms with Gasteiger partial charge < -0.3 is 15.3 Å². The van der Waals surface area contributed by atoms with Crippen LogP contribution in [0.15, 0.2) is 0 Å². The third-order valence-electron chi connectivity index (χ3n) is 4.78. The van der Waals surface area contributed by atoms with E-state index in [1.807, 2.05) is 0 Å². The van der Waals surface area contributed by atoms with Crippen LogP contribution in [0.1, 0.15) is 84.0 Å². The molecule has 0 aromatic heterocycles. The number of carbonyl (C=O) groups is 3. The van der Waals surface area contributed by atoms with E-state index in [1.54, 1.807) is 4.90 Å². The van der Waals surface area contributed by atoms with E-state index in [9.17, 15) is 14.4 Å². The van der Waals surface area contributed by atoms with Gasteiger partial charge in [0.15, 0.2) is 0 Å². The van der Waals surface area contributed by atoms with Gasteiger partial charge in [0.05, 0.1) is 6.54 Å². The van der Waals surface area contributed by atoms with Crippen LogP contribution >= 0.6 is 0 Å². The lowest BCUT2D eigenvalue weighted by molar-refractivity contribution is -0.146. The average Bonchev–Trinajstić information content (AvgIpc) is 2.58. The molecule has 1 saturated heterocycles. The Morgan fingerprint density at radius 3 is 2.40 bits per heavy atom. The van der Waals surface area contributed by atoms with Crippen molar-refractivity contribution in [3.63, 3.8) is 0 Å². The van der Waals surface area contributed by atoms with Crippen LogP contribution in [0.25, 0.3) is 0 Å². The highest BCUT2D eigenvalue weighted by Crippen LogP contribution is 2.17. The van der Waals surface area contributed by atoms with Crippen LogP contribution in [0.2, 0.25) is 0 Å². The van der Waals surface area contributed by atoms with Gasteiger partial charge in [0.2, 0.25) is 11.8 Å². The first-order valence-electron chi connectivity index (χ1n) is 9.85. The molecule has 1 aliphatic heterocycles. The molecule has 144 valence electrons. The van der Waals surface area contributed by atoms with Crippen LogP contribution < -0.4 is 5.32 Å². The molecule has 0 spiro atoms. The number of rotatable bonds is 14. The second kappa shape index (κ2) is 12.7. The fourth-order valence-electron chi connectivity index (χ4n) is 3.29. The highest BCUT2D eigenvalue weighted by Gasteiger charge is 2.33. The van der Waals surface area contributed by atoms with Crippen molar-refractivity contribution < 1.29 is 19.5 Å². The predicted molar refractivity (Wildman–Crippen MR) is 97.2 cm³/mol. The Morgan fingerprint density at radius 1 is 1.04 bits per heavy atom. The van der Waals surface area contributed by atoms with Gasteiger partial charge in [-0.15, -0.1) is 0 Å². The van der Waals surface area contributed by atoms with Crippen molar-refractivity contribution in [2.24, 2.45) is 0 Å². The van der Waals surface area contributed by atoms with Crippen LogP contribution in [0.5, 0.6) is 0 Å². The standard InChI is InChI=1S/C19H34N2O4/c1-2-3-4-5-6-9-12-16-19(25)20-15-17(22)21(16)14-11-8-7-10-13-18(23)24/h16H,2-15H2,1H3,(H,20,25)(H,23,24). The van der Waals surface area contributed by atoms with Crippen LogP contribution in [0, 0.1) is 0 Å². The number of hydrogen-bond acceptors (Lipinski definition) is 3. The van der Waals surface area contributed by atoms with Gasteiger partial charge in [-0.2, -0.15) is 0 Å². The maximum atomic E-state index is 12.2. The third kappa shape index (κ3) is 8.89. The largest absolute Gasteiger partial charge is 0.481 e. The van der Waals surface area contributed by atoms with Crippen LogP contribution in [-0.2, 0) is 14.4 Å². The number of nitrogens with zero attached hydrogens (tertiary/aromatic N) is 1. The number of nitrogens with one attached hydrogen (secondary N) is 1. The summed E-state index contributed by atoms with van der Waals surface area (Å²) in [6, 6.07) is -0.327. The number of amides is 2. The molecule has 0 aromatic rings. The van der Waals surface area contributed by atoms with E-state index in [-0.39, 0.29) is 30.8 Å². The minimum Gasteiger partial charge on any atom is -0.481 e. The van der Waals surface area contributed by atoms with Gasteiger partial charge >= 0.3 is 5.97 Å². The first-order valence-corrected chi connectivity index (χ1v) is 9.85. The summed E-state index contributed by atoms with van der Waals surface area (Å²) in [7, 11) is 0. The Bertz CT molecular complexity index is 426. The summed E-state index contributed by atoms with van der Waals surface area (Å²) >= 11 is 0. The van der Waals surface area contributed by atoms with Gasteiger partial charge in [0.25, 0.3) is 0 Å². The number of piperazine rings is 1. The SMILES string of the molecule is CCCCCCCCC1C(=O)NCC(=O)N1CCCCCCC(=O)O. The van der Waals surface area contributed by atoms with Gasteiger partial charge in [0.1, 0.15) is 6.04 Å². The van der Waals surface area contributed by atoms with E-state index in [1.165, 1.54) is 25.7 Å². The molecule has 1 fully saturated rings. The van der Waals surface area contributed by atoms with Crippen LogP contribution in [-0.4, -0.2) is 46.9 Å². The van der Waals surface area contributed by atoms with Crippen molar-refractivity contribution in [2.45, 2.75) is 90.0 Å². The average molecular weight is 354 g/mol. The molecule has 0 bridgehead atoms. The topological polar surface area (TPSA) is 86.7 Å². The van der Waals surface area contributed by atoms with E-state index in [4.69, 9.17) is 5.11 Å². The zero-order valence-corrected chi connectivity index (χ0v) is 15.6. The lowest BCUT2D eigenvalue weighted by Crippen LogP contribution is -2.58. The first kappa shape index (κ1) is 21.5. The summed E-state index contributed by atoms with van der Waals surface area (Å²) in [4.78, 5) is 36.5. The molecule has 0 aromatic carbocycles. The molecule has 1 unspecified atom stereocenters. The van der Waals surface area contributed by atoms with Gasteiger partial charge in [-0.1, -0.05) is 58.3 Å². The van der Waals surface area contributed by atoms with Gasteiger partial charge in [-0.3, -0.25) is 14.4 Å². The molecule has 0 radical (unpaired) electrons. The second-order valence-corrected chi connectivity index (χ2v) is 6.94. The maximum Gasteiger partial charge on any atom is 0.303 e. The molecule has 1 rings (SSSR count). The number of carboxylic acid groups (broad SMARTS) is 1. The van der Waals surface area contributed by atoms with Crippen molar-refractivity contribution in [2.75, 3.05) is 13.1 Å². The molecule has 2 amide bonds. The number of aliphatic carboxylic acids is 1. The molecule has 0 saturated carbocycles. The number of carboxylic acids is 1. The molecule has 1 heterocycles. The highest BCUT2D eigenvalue weighted by molar-refractivity contribution is 5.94. The molecule has 1 aliphatic rings. The minimum atomic E-state index is -0.762. The number of unbranched alkanes of at least 4 members (excludes halogenated alkanes) is 8. The van der Waals surface area contributed by atoms with Crippen molar-refractivity contribution in [3.05, 3.63) is 0 Å². The summed E-state index contributed by atoms with van der Waals surface area (Å²) in [6.45, 7) is 2.89. The Balaban J connectivity index is 2.31. The summed E-state index contributed by atoms with van der Waals surface area (Å²) in [6.07, 6.45) is 11.2. The van der Waals surface area contributed by atoms with Gasteiger partial charge in [-0.25, -0.2) is 0 Å². The lowest BCUT2D eigenvalue weighted by Gasteiger charge is -2.35. The fraction of sp³-hybridized carbons (Fsp3) is 0.842. The van der Waals surface area contributed by atoms with E-state index in [0.717, 1.165) is 38.5 Å². The highest BCUT2D eigenvalue weighted by atomic mass is 16.4. The second-order valence-electron chi connectivity index (χ2n) is 6.94. The fourth-order valence-corrected chi connectivity index (χ4v) is 3.29. The van der Waals surface area contributed by atoms with Crippen molar-refractivity contribution in [1.29, 1.82) is 0 Å². The van der Waals surface area contributed by atoms with E-state index < -0.39 is 5.97 Å². The summed E-state index contributed by atoms with van der Waals surface area (Å²) in [5.41, 5.74) is 0. The molecule has 25 heavy (non-hydrogen) atoms. The summed E-state index contributed by atoms with van der Waals surface area (Å²) < 4.78 is 0. The summed E-state index contributed by atoms with van der Waals surface area (Å²) in [5.74, 6) is -0.790. The zero-order valence-electron chi connectivity index (χ0n) is 15.6. The van der Waals surface area contributed by atoms with Crippen LogP contribution in [0.4, 0.5) is 0 Å². The third-order valence-corrected chi connectivity index (χ3v) is 4.78. The van der Waals surface area contributed by atoms with E-state index in [2.05, 4.69) is 12.2 Å². The molecule has 2 N–H and O–H groups in total. The summed E-state index contributed by atoms with van der Waals surface area (Å²) in [5, 5.41) is 11.3. The molecule has 1 atom stereocenters. The predicted octanol–water partition coefficient (Wildman–Crippen LogP) is 3.10. The van der Waals surface area contributed by atoms with Crippen molar-refractivity contribution >= 4 is 17.8 Å². The monoisotopic (exact) mass is 354 g/mol. The molecular weight excluding hydrogens is 320 g/mol. The Labute approximate surface area is 151 Å². The number of hydrogen-bond donors (Lipinski definition) is 2. The Hall–Kier alpha value is -1.59. The van der Waals surface area contributed by atoms with E-state index >= 15 is 0 Å². The van der Waals surface area contributed by atoms with Crippen LogP contribution in [0.3, 0.4) is 0 Å². The number of carbonyl (C=O) groups excluding carboxylic acids is 2. The smallest absolute Gasteiger partial charge is 0.303 e. The molecule has 0 aliphatic carbocycles. The molecule has 6 nitrogen and oxygen atoms in total. The van der Waals surface area contributed by atoms with Gasteiger partial charge in [-0.05, 0) is 19.3 Å². The quantitative estimate of drug-likeness (QED) is 0.469. The Kier molecular flexibility index (Phi) is 10.9. The first-order chi connectivity index (χ1) is 12.1. The molecular formula is C19H34N2O4. The molecule has 6 heteroatoms. The minimum absolute atomic E-state index is 0.00104.